The van der Waals surface area contributed by atoms with Crippen LogP contribution >= 0.6 is 0 Å². The highest BCUT2D eigenvalue weighted by Gasteiger charge is 2.43. The minimum Gasteiger partial charge on any atom is -0.378 e. The van der Waals surface area contributed by atoms with Gasteiger partial charge in [-0.05, 0) is 86.6 Å². The zero-order valence-electron chi connectivity index (χ0n) is 24.8. The minimum absolute atomic E-state index is 0.0717. The lowest BCUT2D eigenvalue weighted by Gasteiger charge is -2.48. The van der Waals surface area contributed by atoms with Gasteiger partial charge in [0, 0.05) is 45.3 Å². The Kier molecular flexibility index (Phi) is 8.96. The molecule has 3 saturated heterocycles. The van der Waals surface area contributed by atoms with Crippen LogP contribution in [0.25, 0.3) is 0 Å². The standard InChI is InChI=1S/C31H37F7N4O2/c1-18-12-23(32)4-6-26(18)27-16-24(40-10-11-41-25(17-40)5-7-28(41)43)8-9-42(27)29(44)39(3)19(2)20-13-21(30(33,34)35)15-22(14-20)31(36,37)38/h4,6,12-15,19,24-25,27-28,43H,5,7-11,16-17H2,1-3H3/t19-,24+,25+,27?,28?/m1/s1. The third kappa shape index (κ3) is 6.55. The number of nitrogens with zero attached hydrogens (tertiary/aromatic N) is 4. The Morgan fingerprint density at radius 2 is 1.59 bits per heavy atom. The summed E-state index contributed by atoms with van der Waals surface area (Å²) in [7, 11) is 1.37. The van der Waals surface area contributed by atoms with Crippen molar-refractivity contribution in [2.45, 2.75) is 82.3 Å². The number of aliphatic hydroxyl groups excluding tert-OH is 1. The van der Waals surface area contributed by atoms with Gasteiger partial charge < -0.3 is 14.9 Å². The van der Waals surface area contributed by atoms with Crippen molar-refractivity contribution < 1.29 is 40.6 Å². The molecule has 6 nitrogen and oxygen atoms in total. The van der Waals surface area contributed by atoms with E-state index < -0.39 is 53.6 Å². The molecule has 44 heavy (non-hydrogen) atoms. The van der Waals surface area contributed by atoms with Crippen LogP contribution in [0.15, 0.2) is 36.4 Å². The molecular formula is C31H37F7N4O2. The molecular weight excluding hydrogens is 593 g/mol. The number of amides is 2. The molecule has 2 aromatic rings. The molecule has 2 amide bonds. The van der Waals surface area contributed by atoms with E-state index in [0.29, 0.717) is 37.1 Å². The molecule has 2 unspecified atom stereocenters. The second-order valence-corrected chi connectivity index (χ2v) is 12.2. The Balaban J connectivity index is 1.41. The topological polar surface area (TPSA) is 50.3 Å². The molecule has 3 heterocycles. The Labute approximate surface area is 252 Å². The number of likely N-dealkylation sites (tertiary alicyclic amines) is 1. The van der Waals surface area contributed by atoms with Crippen LogP contribution < -0.4 is 0 Å². The summed E-state index contributed by atoms with van der Waals surface area (Å²) in [5.41, 5.74) is -1.79. The summed E-state index contributed by atoms with van der Waals surface area (Å²) in [6.07, 6.45) is -7.69. The fourth-order valence-electron chi connectivity index (χ4n) is 7.01. The van der Waals surface area contributed by atoms with Gasteiger partial charge in [-0.1, -0.05) is 6.07 Å². The molecule has 2 aromatic carbocycles. The molecule has 3 aliphatic heterocycles. The summed E-state index contributed by atoms with van der Waals surface area (Å²) in [5.74, 6) is -0.428. The number of rotatable bonds is 4. The summed E-state index contributed by atoms with van der Waals surface area (Å²) < 4.78 is 95.3. The highest BCUT2D eigenvalue weighted by Crippen LogP contribution is 2.40. The third-order valence-electron chi connectivity index (χ3n) is 9.60. The third-order valence-corrected chi connectivity index (χ3v) is 9.60. The molecule has 13 heteroatoms. The van der Waals surface area contributed by atoms with Gasteiger partial charge >= 0.3 is 18.4 Å². The lowest BCUT2D eigenvalue weighted by Crippen LogP contribution is -2.58. The van der Waals surface area contributed by atoms with E-state index in [9.17, 15) is 40.6 Å². The lowest BCUT2D eigenvalue weighted by atomic mass is 9.88. The molecule has 5 atom stereocenters. The largest absolute Gasteiger partial charge is 0.416 e. The summed E-state index contributed by atoms with van der Waals surface area (Å²) >= 11 is 0. The van der Waals surface area contributed by atoms with E-state index in [2.05, 4.69) is 9.80 Å². The van der Waals surface area contributed by atoms with Gasteiger partial charge in [0.2, 0.25) is 0 Å². The zero-order valence-corrected chi connectivity index (χ0v) is 24.8. The van der Waals surface area contributed by atoms with Crippen molar-refractivity contribution in [1.82, 2.24) is 19.6 Å². The van der Waals surface area contributed by atoms with Crippen molar-refractivity contribution in [3.63, 3.8) is 0 Å². The number of fused-ring (bicyclic) bond motifs is 1. The fraction of sp³-hybridized carbons (Fsp3) is 0.581. The van der Waals surface area contributed by atoms with E-state index >= 15 is 0 Å². The first-order valence-electron chi connectivity index (χ1n) is 14.8. The van der Waals surface area contributed by atoms with E-state index in [1.807, 2.05) is 0 Å². The van der Waals surface area contributed by atoms with Crippen LogP contribution in [0.2, 0.25) is 0 Å². The van der Waals surface area contributed by atoms with E-state index in [1.54, 1.807) is 17.9 Å². The van der Waals surface area contributed by atoms with Crippen molar-refractivity contribution in [3.8, 4) is 0 Å². The maximum atomic E-state index is 14.1. The van der Waals surface area contributed by atoms with E-state index in [4.69, 9.17) is 0 Å². The Morgan fingerprint density at radius 3 is 2.20 bits per heavy atom. The first-order chi connectivity index (χ1) is 20.5. The fourth-order valence-corrected chi connectivity index (χ4v) is 7.01. The maximum Gasteiger partial charge on any atom is 0.416 e. The summed E-state index contributed by atoms with van der Waals surface area (Å²) in [6, 6.07) is 3.90. The highest BCUT2D eigenvalue weighted by molar-refractivity contribution is 5.75. The van der Waals surface area contributed by atoms with E-state index in [-0.39, 0.29) is 23.7 Å². The quantitative estimate of drug-likeness (QED) is 0.388. The summed E-state index contributed by atoms with van der Waals surface area (Å²) in [4.78, 5) is 21.2. The molecule has 0 radical (unpaired) electrons. The number of hydrogen-bond donors (Lipinski definition) is 1. The second-order valence-electron chi connectivity index (χ2n) is 12.2. The van der Waals surface area contributed by atoms with Crippen LogP contribution in [0, 0.1) is 12.7 Å². The van der Waals surface area contributed by atoms with Crippen LogP contribution in [0.1, 0.15) is 72.5 Å². The van der Waals surface area contributed by atoms with Crippen molar-refractivity contribution in [2.24, 2.45) is 0 Å². The number of piperazine rings is 1. The van der Waals surface area contributed by atoms with Gasteiger partial charge in [-0.3, -0.25) is 9.80 Å². The number of alkyl halides is 6. The number of hydrogen-bond acceptors (Lipinski definition) is 4. The SMILES string of the molecule is Cc1cc(F)ccc1C1C[C@@H](N2CCN3C(O)CC[C@H]3C2)CCN1C(=O)N(C)[C@H](C)c1cc(C(F)(F)F)cc(C(F)(F)F)c1. The first kappa shape index (κ1) is 32.5. The number of piperidine rings is 1. The van der Waals surface area contributed by atoms with Crippen molar-refractivity contribution >= 4 is 6.03 Å². The number of halogens is 7. The van der Waals surface area contributed by atoms with Crippen molar-refractivity contribution in [2.75, 3.05) is 33.2 Å². The predicted molar refractivity (Wildman–Crippen MR) is 149 cm³/mol. The molecule has 1 N–H and O–H groups in total. The number of carbonyl (C=O) groups is 1. The molecule has 0 bridgehead atoms. The predicted octanol–water partition coefficient (Wildman–Crippen LogP) is 6.59. The molecule has 0 aromatic heterocycles. The molecule has 0 saturated carbocycles. The normalized spacial score (nSPS) is 26.0. The van der Waals surface area contributed by atoms with Crippen LogP contribution in [-0.4, -0.2) is 82.3 Å². The van der Waals surface area contributed by atoms with Gasteiger partial charge in [0.25, 0.3) is 0 Å². The van der Waals surface area contributed by atoms with Crippen LogP contribution in [0.3, 0.4) is 0 Å². The number of carbonyl (C=O) groups excluding carboxylic acids is 1. The molecule has 3 fully saturated rings. The highest BCUT2D eigenvalue weighted by atomic mass is 19.4. The Bertz CT molecular complexity index is 1340. The van der Waals surface area contributed by atoms with Crippen LogP contribution in [-0.2, 0) is 12.4 Å². The number of aryl methyl sites for hydroxylation is 1. The summed E-state index contributed by atoms with van der Waals surface area (Å²) in [5, 5.41) is 10.3. The lowest BCUT2D eigenvalue weighted by molar-refractivity contribution is -0.143. The number of benzene rings is 2. The summed E-state index contributed by atoms with van der Waals surface area (Å²) in [6.45, 7) is 5.69. The molecule has 0 aliphatic carbocycles. The van der Waals surface area contributed by atoms with Crippen LogP contribution in [0.4, 0.5) is 35.5 Å². The first-order valence-corrected chi connectivity index (χ1v) is 14.8. The monoisotopic (exact) mass is 630 g/mol. The average Bonchev–Trinajstić information content (AvgIpc) is 3.34. The Hall–Kier alpha value is -2.90. The minimum atomic E-state index is -5.01. The average molecular weight is 631 g/mol. The van der Waals surface area contributed by atoms with Crippen molar-refractivity contribution in [3.05, 3.63) is 70.0 Å². The van der Waals surface area contributed by atoms with Gasteiger partial charge in [0.05, 0.1) is 23.2 Å². The van der Waals surface area contributed by atoms with Gasteiger partial charge in [0.1, 0.15) is 12.0 Å². The zero-order chi connectivity index (χ0) is 32.1. The number of urea groups is 1. The van der Waals surface area contributed by atoms with Gasteiger partial charge in [-0.25, -0.2) is 9.18 Å². The smallest absolute Gasteiger partial charge is 0.378 e. The van der Waals surface area contributed by atoms with Gasteiger partial charge in [0.15, 0.2) is 0 Å². The Morgan fingerprint density at radius 1 is 0.932 bits per heavy atom. The van der Waals surface area contributed by atoms with E-state index in [1.165, 1.54) is 31.0 Å². The van der Waals surface area contributed by atoms with Gasteiger partial charge in [-0.2, -0.15) is 26.3 Å². The molecule has 0 spiro atoms. The van der Waals surface area contributed by atoms with Gasteiger partial charge in [-0.15, -0.1) is 0 Å². The van der Waals surface area contributed by atoms with Crippen molar-refractivity contribution in [1.29, 1.82) is 0 Å². The molecule has 3 aliphatic rings. The molecule has 242 valence electrons. The van der Waals surface area contributed by atoms with Crippen LogP contribution in [0.5, 0.6) is 0 Å². The maximum absolute atomic E-state index is 14.1. The molecule has 5 rings (SSSR count). The number of aliphatic hydroxyl groups is 1. The second kappa shape index (κ2) is 12.1. The van der Waals surface area contributed by atoms with E-state index in [0.717, 1.165) is 38.0 Å².